The molecule has 0 radical (unpaired) electrons. The predicted octanol–water partition coefficient (Wildman–Crippen LogP) is 3.22. The van der Waals surface area contributed by atoms with Crippen molar-refractivity contribution >= 4 is 35.0 Å². The Balaban J connectivity index is 2.42. The van der Waals surface area contributed by atoms with Crippen LogP contribution in [0.1, 0.15) is 23.7 Å². The summed E-state index contributed by atoms with van der Waals surface area (Å²) in [5, 5.41) is 0.512. The van der Waals surface area contributed by atoms with Crippen LogP contribution in [0, 0.1) is 0 Å². The molecular formula is C12H16ClNO2S. The van der Waals surface area contributed by atoms with Crippen molar-refractivity contribution in [3.63, 3.8) is 0 Å². The van der Waals surface area contributed by atoms with E-state index in [1.807, 2.05) is 11.8 Å². The van der Waals surface area contributed by atoms with Crippen LogP contribution in [0.25, 0.3) is 0 Å². The maximum Gasteiger partial charge on any atom is 0.340 e. The number of rotatable bonds is 6. The van der Waals surface area contributed by atoms with Crippen LogP contribution < -0.4 is 5.73 Å². The zero-order valence-electron chi connectivity index (χ0n) is 9.74. The number of ether oxygens (including phenoxy) is 1. The van der Waals surface area contributed by atoms with Crippen LogP contribution in [-0.2, 0) is 4.74 Å². The molecular weight excluding hydrogens is 258 g/mol. The van der Waals surface area contributed by atoms with Crippen LogP contribution >= 0.6 is 23.4 Å². The minimum Gasteiger partial charge on any atom is -0.462 e. The normalized spacial score (nSPS) is 10.2. The summed E-state index contributed by atoms with van der Waals surface area (Å²) in [6, 6.07) is 4.76. The Labute approximate surface area is 111 Å². The molecule has 1 rings (SSSR count). The topological polar surface area (TPSA) is 52.3 Å². The number of anilines is 1. The molecule has 0 aromatic heterocycles. The van der Waals surface area contributed by atoms with Crippen LogP contribution in [0.5, 0.6) is 0 Å². The third kappa shape index (κ3) is 4.88. The third-order valence-corrected chi connectivity index (χ3v) is 3.32. The van der Waals surface area contributed by atoms with Gasteiger partial charge in [0, 0.05) is 10.7 Å². The van der Waals surface area contributed by atoms with Gasteiger partial charge in [0.2, 0.25) is 0 Å². The first-order valence-electron chi connectivity index (χ1n) is 5.45. The SMILES string of the molecule is CCSCCCOC(=O)c1ccc(Cl)cc1N. The van der Waals surface area contributed by atoms with E-state index in [0.717, 1.165) is 17.9 Å². The van der Waals surface area contributed by atoms with Gasteiger partial charge in [0.1, 0.15) is 0 Å². The molecule has 0 fully saturated rings. The van der Waals surface area contributed by atoms with E-state index in [1.54, 1.807) is 18.2 Å². The standard InChI is InChI=1S/C12H16ClNO2S/c1-2-17-7-3-6-16-12(15)10-5-4-9(13)8-11(10)14/h4-5,8H,2-3,6-7,14H2,1H3. The molecule has 0 spiro atoms. The maximum atomic E-state index is 11.7. The van der Waals surface area contributed by atoms with Crippen LogP contribution in [-0.4, -0.2) is 24.1 Å². The molecule has 0 saturated carbocycles. The smallest absolute Gasteiger partial charge is 0.340 e. The number of benzene rings is 1. The zero-order valence-corrected chi connectivity index (χ0v) is 11.3. The minimum atomic E-state index is -0.388. The summed E-state index contributed by atoms with van der Waals surface area (Å²) in [6.45, 7) is 2.53. The van der Waals surface area contributed by atoms with Gasteiger partial charge in [-0.2, -0.15) is 11.8 Å². The van der Waals surface area contributed by atoms with Crippen molar-refractivity contribution in [2.24, 2.45) is 0 Å². The highest BCUT2D eigenvalue weighted by Crippen LogP contribution is 2.18. The van der Waals surface area contributed by atoms with Crippen LogP contribution in [0.2, 0.25) is 5.02 Å². The quantitative estimate of drug-likeness (QED) is 0.491. The Morgan fingerprint density at radius 3 is 2.94 bits per heavy atom. The first kappa shape index (κ1) is 14.2. The number of nitrogens with two attached hydrogens (primary N) is 1. The number of esters is 1. The molecule has 94 valence electrons. The number of halogens is 1. The van der Waals surface area contributed by atoms with Gasteiger partial charge in [-0.05, 0) is 36.1 Å². The van der Waals surface area contributed by atoms with E-state index in [1.165, 1.54) is 0 Å². The van der Waals surface area contributed by atoms with Gasteiger partial charge in [0.05, 0.1) is 12.2 Å². The molecule has 3 nitrogen and oxygen atoms in total. The van der Waals surface area contributed by atoms with Gasteiger partial charge in [0.15, 0.2) is 0 Å². The molecule has 0 bridgehead atoms. The van der Waals surface area contributed by atoms with E-state index in [-0.39, 0.29) is 5.97 Å². The lowest BCUT2D eigenvalue weighted by atomic mass is 10.2. The molecule has 0 amide bonds. The van der Waals surface area contributed by atoms with Crippen molar-refractivity contribution in [3.05, 3.63) is 28.8 Å². The average Bonchev–Trinajstić information content (AvgIpc) is 2.28. The Morgan fingerprint density at radius 2 is 2.29 bits per heavy atom. The van der Waals surface area contributed by atoms with E-state index in [4.69, 9.17) is 22.1 Å². The first-order valence-corrected chi connectivity index (χ1v) is 6.98. The third-order valence-electron chi connectivity index (χ3n) is 2.10. The van der Waals surface area contributed by atoms with E-state index in [2.05, 4.69) is 6.92 Å². The van der Waals surface area contributed by atoms with Gasteiger partial charge in [-0.15, -0.1) is 0 Å². The van der Waals surface area contributed by atoms with Crippen molar-refractivity contribution < 1.29 is 9.53 Å². The van der Waals surface area contributed by atoms with Crippen molar-refractivity contribution in [2.75, 3.05) is 23.8 Å². The monoisotopic (exact) mass is 273 g/mol. The lowest BCUT2D eigenvalue weighted by Gasteiger charge is -2.07. The Kier molecular flexibility index (Phi) is 6.22. The summed E-state index contributed by atoms with van der Waals surface area (Å²) < 4.78 is 5.12. The minimum absolute atomic E-state index is 0.352. The van der Waals surface area contributed by atoms with Gasteiger partial charge in [-0.25, -0.2) is 4.79 Å². The molecule has 0 unspecified atom stereocenters. The summed E-state index contributed by atoms with van der Waals surface area (Å²) in [5.74, 6) is 1.69. The van der Waals surface area contributed by atoms with E-state index in [9.17, 15) is 4.79 Å². The van der Waals surface area contributed by atoms with Crippen molar-refractivity contribution in [2.45, 2.75) is 13.3 Å². The molecule has 1 aromatic carbocycles. The van der Waals surface area contributed by atoms with Gasteiger partial charge in [-0.1, -0.05) is 18.5 Å². The van der Waals surface area contributed by atoms with Crippen LogP contribution in [0.15, 0.2) is 18.2 Å². The fourth-order valence-corrected chi connectivity index (χ4v) is 2.06. The van der Waals surface area contributed by atoms with Gasteiger partial charge < -0.3 is 10.5 Å². The number of carbonyl (C=O) groups is 1. The summed E-state index contributed by atoms with van der Waals surface area (Å²) in [4.78, 5) is 11.7. The summed E-state index contributed by atoms with van der Waals surface area (Å²) in [5.41, 5.74) is 6.41. The molecule has 0 aliphatic rings. The number of hydrogen-bond acceptors (Lipinski definition) is 4. The first-order chi connectivity index (χ1) is 8.15. The van der Waals surface area contributed by atoms with Crippen LogP contribution in [0.4, 0.5) is 5.69 Å². The fraction of sp³-hybridized carbons (Fsp3) is 0.417. The molecule has 0 saturated heterocycles. The van der Waals surface area contributed by atoms with Gasteiger partial charge >= 0.3 is 5.97 Å². The predicted molar refractivity (Wildman–Crippen MR) is 73.8 cm³/mol. The molecule has 5 heteroatoms. The number of thioether (sulfide) groups is 1. The highest BCUT2D eigenvalue weighted by Gasteiger charge is 2.10. The summed E-state index contributed by atoms with van der Waals surface area (Å²) in [6.07, 6.45) is 0.859. The Hall–Kier alpha value is -0.870. The highest BCUT2D eigenvalue weighted by molar-refractivity contribution is 7.99. The highest BCUT2D eigenvalue weighted by atomic mass is 35.5. The molecule has 2 N–H and O–H groups in total. The van der Waals surface area contributed by atoms with Crippen molar-refractivity contribution in [3.8, 4) is 0 Å². The van der Waals surface area contributed by atoms with E-state index in [0.29, 0.717) is 22.9 Å². The molecule has 1 aromatic rings. The zero-order chi connectivity index (χ0) is 12.7. The Bertz CT molecular complexity index is 385. The van der Waals surface area contributed by atoms with Gasteiger partial charge in [-0.3, -0.25) is 0 Å². The van der Waals surface area contributed by atoms with E-state index >= 15 is 0 Å². The molecule has 0 atom stereocenters. The van der Waals surface area contributed by atoms with Crippen molar-refractivity contribution in [1.82, 2.24) is 0 Å². The molecule has 0 aliphatic heterocycles. The molecule has 17 heavy (non-hydrogen) atoms. The van der Waals surface area contributed by atoms with Crippen molar-refractivity contribution in [1.29, 1.82) is 0 Å². The molecule has 0 aliphatic carbocycles. The number of carbonyl (C=O) groups excluding carboxylic acids is 1. The van der Waals surface area contributed by atoms with E-state index < -0.39 is 0 Å². The number of hydrogen-bond donors (Lipinski definition) is 1. The largest absolute Gasteiger partial charge is 0.462 e. The average molecular weight is 274 g/mol. The lowest BCUT2D eigenvalue weighted by Crippen LogP contribution is -2.09. The second-order valence-electron chi connectivity index (χ2n) is 3.42. The van der Waals surface area contributed by atoms with Gasteiger partial charge in [0.25, 0.3) is 0 Å². The number of nitrogen functional groups attached to an aromatic ring is 1. The summed E-state index contributed by atoms with van der Waals surface area (Å²) >= 11 is 7.58. The summed E-state index contributed by atoms with van der Waals surface area (Å²) in [7, 11) is 0. The lowest BCUT2D eigenvalue weighted by molar-refractivity contribution is 0.0507. The molecule has 0 heterocycles. The maximum absolute atomic E-state index is 11.7. The second-order valence-corrected chi connectivity index (χ2v) is 5.25. The Morgan fingerprint density at radius 1 is 1.53 bits per heavy atom. The fourth-order valence-electron chi connectivity index (χ4n) is 1.27. The van der Waals surface area contributed by atoms with Crippen LogP contribution in [0.3, 0.4) is 0 Å². The second kappa shape index (κ2) is 7.45.